The van der Waals surface area contributed by atoms with Crippen molar-refractivity contribution in [2.24, 2.45) is 23.7 Å². The highest BCUT2D eigenvalue weighted by atomic mass is 14.5. The Morgan fingerprint density at radius 2 is 0.923 bits per heavy atom. The van der Waals surface area contributed by atoms with Crippen molar-refractivity contribution in [3.63, 3.8) is 0 Å². The molecule has 0 heteroatoms. The zero-order chi connectivity index (χ0) is 8.67. The highest BCUT2D eigenvalue weighted by Crippen LogP contribution is 2.56. The molecule has 74 valence electrons. The molecular weight excluding hydrogens is 156 g/mol. The number of rotatable bonds is 2. The van der Waals surface area contributed by atoms with Crippen molar-refractivity contribution < 1.29 is 0 Å². The molecule has 0 aromatic heterocycles. The molecule has 0 aromatic carbocycles. The van der Waals surface area contributed by atoms with Crippen LogP contribution in [-0.2, 0) is 0 Å². The van der Waals surface area contributed by atoms with Gasteiger partial charge in [-0.2, -0.15) is 0 Å². The maximum atomic E-state index is 1.62. The summed E-state index contributed by atoms with van der Waals surface area (Å²) in [5.41, 5.74) is 0. The lowest BCUT2D eigenvalue weighted by atomic mass is 9.94. The molecule has 3 saturated carbocycles. The monoisotopic (exact) mass is 178 g/mol. The Morgan fingerprint density at radius 1 is 0.538 bits per heavy atom. The summed E-state index contributed by atoms with van der Waals surface area (Å²) < 4.78 is 0. The second-order valence-electron chi connectivity index (χ2n) is 5.65. The van der Waals surface area contributed by atoms with E-state index in [1.54, 1.807) is 57.8 Å². The van der Waals surface area contributed by atoms with E-state index in [1.807, 2.05) is 0 Å². The summed E-state index contributed by atoms with van der Waals surface area (Å²) >= 11 is 0. The van der Waals surface area contributed by atoms with E-state index in [2.05, 4.69) is 0 Å². The molecule has 0 amide bonds. The van der Waals surface area contributed by atoms with Crippen LogP contribution < -0.4 is 0 Å². The Labute approximate surface area is 82.1 Å². The van der Waals surface area contributed by atoms with Gasteiger partial charge in [0.25, 0.3) is 0 Å². The minimum atomic E-state index is 1.17. The predicted octanol–water partition coefficient (Wildman–Crippen LogP) is 4.00. The lowest BCUT2D eigenvalue weighted by molar-refractivity contribution is 0.379. The van der Waals surface area contributed by atoms with Crippen molar-refractivity contribution in [3.8, 4) is 0 Å². The highest BCUT2D eigenvalue weighted by Gasteiger charge is 2.47. The SMILES string of the molecule is C1CCC(C2CC2C2CCCC2)C1. The van der Waals surface area contributed by atoms with Gasteiger partial charge in [0.15, 0.2) is 0 Å². The first kappa shape index (κ1) is 8.32. The average molecular weight is 178 g/mol. The molecule has 0 spiro atoms. The molecule has 0 nitrogen and oxygen atoms in total. The fraction of sp³-hybridized carbons (Fsp3) is 1.00. The molecule has 0 aliphatic heterocycles. The second kappa shape index (κ2) is 3.29. The fourth-order valence-corrected chi connectivity index (χ4v) is 4.09. The normalized spacial score (nSPS) is 41.5. The number of hydrogen-bond donors (Lipinski definition) is 0. The molecule has 0 aromatic rings. The Bertz CT molecular complexity index is 152. The van der Waals surface area contributed by atoms with Crippen molar-refractivity contribution in [1.29, 1.82) is 0 Å². The van der Waals surface area contributed by atoms with Crippen molar-refractivity contribution in [3.05, 3.63) is 0 Å². The smallest absolute Gasteiger partial charge is 0.0352 e. The van der Waals surface area contributed by atoms with Crippen LogP contribution in [0.5, 0.6) is 0 Å². The first-order valence-electron chi connectivity index (χ1n) is 6.45. The van der Waals surface area contributed by atoms with E-state index in [4.69, 9.17) is 0 Å². The molecule has 3 aliphatic carbocycles. The van der Waals surface area contributed by atoms with Crippen LogP contribution in [0.1, 0.15) is 57.8 Å². The summed E-state index contributed by atoms with van der Waals surface area (Å²) in [4.78, 5) is 0. The Morgan fingerprint density at radius 3 is 1.31 bits per heavy atom. The van der Waals surface area contributed by atoms with Crippen molar-refractivity contribution >= 4 is 0 Å². The standard InChI is InChI=1S/C13H22/c1-2-6-10(5-1)12-9-13(12)11-7-3-4-8-11/h10-13H,1-9H2. The van der Waals surface area contributed by atoms with Gasteiger partial charge in [-0.25, -0.2) is 0 Å². The van der Waals surface area contributed by atoms with Gasteiger partial charge < -0.3 is 0 Å². The van der Waals surface area contributed by atoms with Crippen LogP contribution in [0.2, 0.25) is 0 Å². The van der Waals surface area contributed by atoms with Gasteiger partial charge >= 0.3 is 0 Å². The second-order valence-corrected chi connectivity index (χ2v) is 5.65. The van der Waals surface area contributed by atoms with Crippen LogP contribution in [0, 0.1) is 23.7 Å². The van der Waals surface area contributed by atoms with Gasteiger partial charge in [0.1, 0.15) is 0 Å². The van der Waals surface area contributed by atoms with Crippen molar-refractivity contribution in [2.45, 2.75) is 57.8 Å². The largest absolute Gasteiger partial charge is 0.0530 e. The summed E-state index contributed by atoms with van der Waals surface area (Å²) in [6.07, 6.45) is 14.1. The summed E-state index contributed by atoms with van der Waals surface area (Å²) in [6.45, 7) is 0. The maximum Gasteiger partial charge on any atom is -0.0352 e. The van der Waals surface area contributed by atoms with Gasteiger partial charge in [0.05, 0.1) is 0 Å². The third-order valence-corrected chi connectivity index (χ3v) is 4.90. The van der Waals surface area contributed by atoms with Crippen molar-refractivity contribution in [2.75, 3.05) is 0 Å². The van der Waals surface area contributed by atoms with Crippen LogP contribution in [0.15, 0.2) is 0 Å². The molecule has 3 aliphatic rings. The Hall–Kier alpha value is 0. The van der Waals surface area contributed by atoms with Gasteiger partial charge in [-0.3, -0.25) is 0 Å². The third kappa shape index (κ3) is 1.53. The minimum absolute atomic E-state index is 1.17. The lowest BCUT2D eigenvalue weighted by Crippen LogP contribution is -2.04. The molecule has 2 unspecified atom stereocenters. The van der Waals surface area contributed by atoms with E-state index in [9.17, 15) is 0 Å². The highest BCUT2D eigenvalue weighted by molar-refractivity contribution is 4.97. The van der Waals surface area contributed by atoms with E-state index < -0.39 is 0 Å². The van der Waals surface area contributed by atoms with Crippen molar-refractivity contribution in [1.82, 2.24) is 0 Å². The zero-order valence-corrected chi connectivity index (χ0v) is 8.67. The first-order valence-corrected chi connectivity index (χ1v) is 6.45. The summed E-state index contributed by atoms with van der Waals surface area (Å²) in [5.74, 6) is 4.74. The third-order valence-electron chi connectivity index (χ3n) is 4.90. The van der Waals surface area contributed by atoms with Gasteiger partial charge in [-0.15, -0.1) is 0 Å². The molecular formula is C13H22. The molecule has 3 rings (SSSR count). The molecule has 2 atom stereocenters. The molecule has 3 fully saturated rings. The van der Waals surface area contributed by atoms with Gasteiger partial charge in [0.2, 0.25) is 0 Å². The van der Waals surface area contributed by atoms with E-state index in [0.29, 0.717) is 0 Å². The zero-order valence-electron chi connectivity index (χ0n) is 8.67. The number of hydrogen-bond acceptors (Lipinski definition) is 0. The van der Waals surface area contributed by atoms with Gasteiger partial charge in [-0.1, -0.05) is 51.4 Å². The Balaban J connectivity index is 1.53. The average Bonchev–Trinajstić information content (AvgIpc) is 2.67. The summed E-state index contributed by atoms with van der Waals surface area (Å²) in [7, 11) is 0. The molecule has 0 heterocycles. The van der Waals surface area contributed by atoms with Crippen LogP contribution >= 0.6 is 0 Å². The maximum absolute atomic E-state index is 1.62. The molecule has 13 heavy (non-hydrogen) atoms. The van der Waals surface area contributed by atoms with Gasteiger partial charge in [-0.05, 0) is 30.1 Å². The predicted molar refractivity (Wildman–Crippen MR) is 55.5 cm³/mol. The topological polar surface area (TPSA) is 0 Å². The lowest BCUT2D eigenvalue weighted by Gasteiger charge is -2.11. The Kier molecular flexibility index (Phi) is 2.11. The summed E-state index contributed by atoms with van der Waals surface area (Å²) in [5, 5.41) is 0. The van der Waals surface area contributed by atoms with Gasteiger partial charge in [0, 0.05) is 0 Å². The van der Waals surface area contributed by atoms with Crippen LogP contribution in [0.3, 0.4) is 0 Å². The van der Waals surface area contributed by atoms with E-state index >= 15 is 0 Å². The van der Waals surface area contributed by atoms with E-state index in [0.717, 1.165) is 0 Å². The quantitative estimate of drug-likeness (QED) is 0.599. The van der Waals surface area contributed by atoms with Crippen LogP contribution in [-0.4, -0.2) is 0 Å². The molecule has 0 saturated heterocycles. The first-order chi connectivity index (χ1) is 6.45. The summed E-state index contributed by atoms with van der Waals surface area (Å²) in [6, 6.07) is 0. The molecule has 0 bridgehead atoms. The van der Waals surface area contributed by atoms with Crippen LogP contribution in [0.4, 0.5) is 0 Å². The molecule has 0 radical (unpaired) electrons. The van der Waals surface area contributed by atoms with Crippen LogP contribution in [0.25, 0.3) is 0 Å². The minimum Gasteiger partial charge on any atom is -0.0530 e. The fourth-order valence-electron chi connectivity index (χ4n) is 4.09. The van der Waals surface area contributed by atoms with E-state index in [1.165, 1.54) is 23.7 Å². The molecule has 0 N–H and O–H groups in total. The van der Waals surface area contributed by atoms with E-state index in [-0.39, 0.29) is 0 Å².